The Kier molecular flexibility index (Phi) is 4.04. The molecule has 94 valence electrons. The fourth-order valence-corrected chi connectivity index (χ4v) is 2.49. The first-order chi connectivity index (χ1) is 8.70. The van der Waals surface area contributed by atoms with E-state index in [1.165, 1.54) is 12.7 Å². The molecule has 0 aliphatic carbocycles. The Morgan fingerprint density at radius 1 is 1.44 bits per heavy atom. The fraction of sp³-hybridized carbons (Fsp3) is 0.308. The Morgan fingerprint density at radius 3 is 2.94 bits per heavy atom. The van der Waals surface area contributed by atoms with E-state index >= 15 is 0 Å². The van der Waals surface area contributed by atoms with Crippen LogP contribution in [0.15, 0.2) is 23.7 Å². The molecular weight excluding hydrogens is 248 g/mol. The van der Waals surface area contributed by atoms with Crippen LogP contribution in [0.5, 0.6) is 0 Å². The summed E-state index contributed by atoms with van der Waals surface area (Å²) < 4.78 is 4.60. The van der Waals surface area contributed by atoms with Crippen LogP contribution in [0.1, 0.15) is 17.8 Å². The van der Waals surface area contributed by atoms with Crippen LogP contribution in [0.25, 0.3) is 10.6 Å². The van der Waals surface area contributed by atoms with Crippen molar-refractivity contribution in [2.24, 2.45) is 0 Å². The van der Waals surface area contributed by atoms with Gasteiger partial charge in [-0.05, 0) is 30.0 Å². The van der Waals surface area contributed by atoms with Gasteiger partial charge in [-0.25, -0.2) is 9.97 Å². The molecule has 0 saturated heterocycles. The summed E-state index contributed by atoms with van der Waals surface area (Å²) in [6.45, 7) is 2.06. The number of hydrogen-bond donors (Lipinski definition) is 0. The molecule has 0 aromatic carbocycles. The van der Waals surface area contributed by atoms with Gasteiger partial charge in [-0.15, -0.1) is 11.3 Å². The smallest absolute Gasteiger partial charge is 0.305 e. The average molecular weight is 262 g/mol. The average Bonchev–Trinajstić information content (AvgIpc) is 2.82. The maximum atomic E-state index is 11.1. The van der Waals surface area contributed by atoms with Gasteiger partial charge in [-0.3, -0.25) is 4.79 Å². The molecule has 0 atom stereocenters. The summed E-state index contributed by atoms with van der Waals surface area (Å²) in [5.74, 6) is 0.432. The molecule has 0 N–H and O–H groups in total. The lowest BCUT2D eigenvalue weighted by Crippen LogP contribution is -2.04. The molecule has 0 bridgehead atoms. The van der Waals surface area contributed by atoms with Crippen molar-refractivity contribution in [3.8, 4) is 10.6 Å². The van der Waals surface area contributed by atoms with Gasteiger partial charge in [-0.2, -0.15) is 0 Å². The molecule has 0 spiro atoms. The van der Waals surface area contributed by atoms with E-state index in [1.807, 2.05) is 11.4 Å². The van der Waals surface area contributed by atoms with Crippen molar-refractivity contribution in [2.75, 3.05) is 7.11 Å². The molecule has 0 aliphatic rings. The fourth-order valence-electron chi connectivity index (χ4n) is 1.60. The van der Waals surface area contributed by atoms with E-state index in [0.29, 0.717) is 18.7 Å². The predicted octanol–water partition coefficient (Wildman–Crippen LogP) is 2.62. The van der Waals surface area contributed by atoms with E-state index in [-0.39, 0.29) is 5.97 Å². The molecule has 2 rings (SSSR count). The molecule has 2 heterocycles. The van der Waals surface area contributed by atoms with Crippen LogP contribution in [0.4, 0.5) is 0 Å². The number of methoxy groups -OCH3 is 1. The van der Waals surface area contributed by atoms with Gasteiger partial charge in [0.15, 0.2) is 0 Å². The Labute approximate surface area is 110 Å². The lowest BCUT2D eigenvalue weighted by molar-refractivity contribution is -0.140. The number of ether oxygens (including phenoxy) is 1. The first-order valence-electron chi connectivity index (χ1n) is 5.64. The number of nitrogens with zero attached hydrogens (tertiary/aromatic N) is 2. The summed E-state index contributed by atoms with van der Waals surface area (Å²) >= 11 is 1.66. The quantitative estimate of drug-likeness (QED) is 0.795. The maximum absolute atomic E-state index is 11.1. The second-order valence-electron chi connectivity index (χ2n) is 3.87. The number of aromatic nitrogens is 2. The van der Waals surface area contributed by atoms with Crippen molar-refractivity contribution < 1.29 is 9.53 Å². The van der Waals surface area contributed by atoms with Gasteiger partial charge < -0.3 is 4.74 Å². The van der Waals surface area contributed by atoms with Crippen LogP contribution in [-0.4, -0.2) is 23.0 Å². The van der Waals surface area contributed by atoms with E-state index in [4.69, 9.17) is 0 Å². The third kappa shape index (κ3) is 2.92. The Bertz CT molecular complexity index is 551. The highest BCUT2D eigenvalue weighted by molar-refractivity contribution is 7.13. The molecule has 0 amide bonds. The summed E-state index contributed by atoms with van der Waals surface area (Å²) in [4.78, 5) is 20.9. The van der Waals surface area contributed by atoms with Crippen molar-refractivity contribution in [2.45, 2.75) is 19.8 Å². The van der Waals surface area contributed by atoms with Crippen LogP contribution in [-0.2, 0) is 16.0 Å². The van der Waals surface area contributed by atoms with E-state index in [2.05, 4.69) is 27.7 Å². The predicted molar refractivity (Wildman–Crippen MR) is 70.4 cm³/mol. The van der Waals surface area contributed by atoms with Gasteiger partial charge in [0.1, 0.15) is 5.82 Å². The second kappa shape index (κ2) is 5.73. The summed E-state index contributed by atoms with van der Waals surface area (Å²) in [6, 6.07) is 3.96. The molecule has 0 radical (unpaired) electrons. The molecular formula is C13H14N2O2S. The third-order valence-corrected chi connectivity index (χ3v) is 3.62. The molecule has 0 aliphatic heterocycles. The van der Waals surface area contributed by atoms with Gasteiger partial charge >= 0.3 is 5.97 Å². The summed E-state index contributed by atoms with van der Waals surface area (Å²) in [7, 11) is 1.38. The number of rotatable bonds is 4. The molecule has 5 heteroatoms. The Morgan fingerprint density at radius 2 is 2.28 bits per heavy atom. The SMILES string of the molecule is COC(=O)CCc1nccc(-c2sccc2C)n1. The minimum atomic E-state index is -0.240. The zero-order valence-electron chi connectivity index (χ0n) is 10.3. The minimum Gasteiger partial charge on any atom is -0.469 e. The van der Waals surface area contributed by atoms with Crippen LogP contribution < -0.4 is 0 Å². The number of esters is 1. The Hall–Kier alpha value is -1.75. The van der Waals surface area contributed by atoms with Crippen molar-refractivity contribution >= 4 is 17.3 Å². The number of carbonyl (C=O) groups is 1. The minimum absolute atomic E-state index is 0.240. The molecule has 2 aromatic rings. The molecule has 0 unspecified atom stereocenters. The molecule has 0 saturated carbocycles. The van der Waals surface area contributed by atoms with Crippen molar-refractivity contribution in [1.82, 2.24) is 9.97 Å². The maximum Gasteiger partial charge on any atom is 0.305 e. The number of hydrogen-bond acceptors (Lipinski definition) is 5. The number of carbonyl (C=O) groups excluding carboxylic acids is 1. The lowest BCUT2D eigenvalue weighted by Gasteiger charge is -2.03. The highest BCUT2D eigenvalue weighted by atomic mass is 32.1. The number of thiophene rings is 1. The van der Waals surface area contributed by atoms with Crippen LogP contribution in [0.3, 0.4) is 0 Å². The molecule has 18 heavy (non-hydrogen) atoms. The summed E-state index contributed by atoms with van der Waals surface area (Å²) in [5, 5.41) is 2.04. The first-order valence-corrected chi connectivity index (χ1v) is 6.52. The van der Waals surface area contributed by atoms with Gasteiger partial charge in [0, 0.05) is 12.6 Å². The summed E-state index contributed by atoms with van der Waals surface area (Å²) in [6.07, 6.45) is 2.54. The van der Waals surface area contributed by atoms with Gasteiger partial charge in [0.05, 0.1) is 24.1 Å². The van der Waals surface area contributed by atoms with E-state index in [0.717, 1.165) is 10.6 Å². The van der Waals surface area contributed by atoms with Crippen LogP contribution >= 0.6 is 11.3 Å². The molecule has 0 fully saturated rings. The van der Waals surface area contributed by atoms with Crippen molar-refractivity contribution in [3.05, 3.63) is 35.1 Å². The van der Waals surface area contributed by atoms with E-state index in [9.17, 15) is 4.79 Å². The monoisotopic (exact) mass is 262 g/mol. The molecule has 2 aromatic heterocycles. The number of aryl methyl sites for hydroxylation is 2. The molecule has 4 nitrogen and oxygen atoms in total. The van der Waals surface area contributed by atoms with Crippen LogP contribution in [0.2, 0.25) is 0 Å². The standard InChI is InChI=1S/C13H14N2O2S/c1-9-6-8-18-13(9)10-5-7-14-11(15-10)3-4-12(16)17-2/h5-8H,3-4H2,1-2H3. The van der Waals surface area contributed by atoms with Crippen molar-refractivity contribution in [3.63, 3.8) is 0 Å². The Balaban J connectivity index is 2.15. The zero-order chi connectivity index (χ0) is 13.0. The zero-order valence-corrected chi connectivity index (χ0v) is 11.2. The third-order valence-electron chi connectivity index (χ3n) is 2.58. The largest absolute Gasteiger partial charge is 0.469 e. The van der Waals surface area contributed by atoms with Gasteiger partial charge in [0.25, 0.3) is 0 Å². The van der Waals surface area contributed by atoms with Crippen LogP contribution in [0, 0.1) is 6.92 Å². The van der Waals surface area contributed by atoms with Gasteiger partial charge in [-0.1, -0.05) is 0 Å². The van der Waals surface area contributed by atoms with Crippen molar-refractivity contribution in [1.29, 1.82) is 0 Å². The van der Waals surface area contributed by atoms with Gasteiger partial charge in [0.2, 0.25) is 0 Å². The summed E-state index contributed by atoms with van der Waals surface area (Å²) in [5.41, 5.74) is 2.12. The van der Waals surface area contributed by atoms with E-state index in [1.54, 1.807) is 17.5 Å². The second-order valence-corrected chi connectivity index (χ2v) is 4.78. The normalized spacial score (nSPS) is 10.3. The lowest BCUT2D eigenvalue weighted by atomic mass is 10.2. The van der Waals surface area contributed by atoms with E-state index < -0.39 is 0 Å². The highest BCUT2D eigenvalue weighted by Crippen LogP contribution is 2.27. The first kappa shape index (κ1) is 12.7. The topological polar surface area (TPSA) is 52.1 Å². The highest BCUT2D eigenvalue weighted by Gasteiger charge is 2.08.